The molecule has 114 valence electrons. The average Bonchev–Trinajstić information content (AvgIpc) is 2.43. The monoisotopic (exact) mass is 287 g/mol. The largest absolute Gasteiger partial charge is 0.311 e. The molecular formula is C17H25N3O. The van der Waals surface area contributed by atoms with E-state index in [4.69, 9.17) is 4.98 Å². The van der Waals surface area contributed by atoms with Gasteiger partial charge in [-0.15, -0.1) is 0 Å². The molecule has 5 rings (SSSR count). The number of aromatic nitrogens is 2. The summed E-state index contributed by atoms with van der Waals surface area (Å²) >= 11 is 0. The maximum atomic E-state index is 12.0. The summed E-state index contributed by atoms with van der Waals surface area (Å²) < 4.78 is 0. The van der Waals surface area contributed by atoms with Crippen LogP contribution in [0.4, 0.5) is 0 Å². The Balaban J connectivity index is 1.69. The number of hydrogen-bond acceptors (Lipinski definition) is 3. The lowest BCUT2D eigenvalue weighted by Gasteiger charge is -2.56. The third kappa shape index (κ3) is 2.33. The topological polar surface area (TPSA) is 57.8 Å². The highest BCUT2D eigenvalue weighted by atomic mass is 16.1. The highest BCUT2D eigenvalue weighted by molar-refractivity contribution is 5.19. The van der Waals surface area contributed by atoms with Crippen LogP contribution in [0.2, 0.25) is 0 Å². The molecule has 4 saturated carbocycles. The molecule has 0 radical (unpaired) electrons. The van der Waals surface area contributed by atoms with Crippen LogP contribution < -0.4 is 10.9 Å². The Morgan fingerprint density at radius 3 is 2.43 bits per heavy atom. The molecule has 4 aliphatic carbocycles. The molecule has 4 aliphatic rings. The summed E-state index contributed by atoms with van der Waals surface area (Å²) in [4.78, 5) is 20.0. The minimum absolute atomic E-state index is 0.0173. The highest BCUT2D eigenvalue weighted by Gasteiger charge is 2.52. The van der Waals surface area contributed by atoms with Crippen molar-refractivity contribution in [2.45, 2.75) is 57.4 Å². The molecule has 0 amide bonds. The van der Waals surface area contributed by atoms with Gasteiger partial charge in [-0.05, 0) is 62.8 Å². The van der Waals surface area contributed by atoms with Crippen molar-refractivity contribution in [1.82, 2.24) is 15.3 Å². The first-order valence-electron chi connectivity index (χ1n) is 8.48. The molecule has 4 nitrogen and oxygen atoms in total. The van der Waals surface area contributed by atoms with Gasteiger partial charge < -0.3 is 10.3 Å². The van der Waals surface area contributed by atoms with E-state index in [9.17, 15) is 4.79 Å². The van der Waals surface area contributed by atoms with Gasteiger partial charge in [0.1, 0.15) is 5.82 Å². The standard InChI is InChI=1S/C17H25N3O/c1-2-18-10-14-6-15(21)20-16(19-14)17-7-11-3-12(8-17)5-13(4-11)9-17/h6,11-13,18H,2-5,7-10H2,1H3,(H,19,20,21). The van der Waals surface area contributed by atoms with Gasteiger partial charge in [0, 0.05) is 18.0 Å². The first kappa shape index (κ1) is 13.5. The molecule has 0 spiro atoms. The van der Waals surface area contributed by atoms with Crippen molar-refractivity contribution in [1.29, 1.82) is 0 Å². The Bertz CT molecular complexity index is 557. The fourth-order valence-electron chi connectivity index (χ4n) is 5.50. The van der Waals surface area contributed by atoms with Gasteiger partial charge in [0.05, 0.1) is 5.69 Å². The third-order valence-electron chi connectivity index (χ3n) is 5.89. The van der Waals surface area contributed by atoms with E-state index < -0.39 is 0 Å². The lowest BCUT2D eigenvalue weighted by molar-refractivity contribution is -0.00961. The van der Waals surface area contributed by atoms with Crippen LogP contribution in [0.25, 0.3) is 0 Å². The maximum absolute atomic E-state index is 12.0. The molecular weight excluding hydrogens is 262 g/mol. The Kier molecular flexibility index (Phi) is 3.18. The SMILES string of the molecule is CCNCc1cc(=O)[nH]c(C23CC4CC(CC(C4)C2)C3)n1. The van der Waals surface area contributed by atoms with Crippen molar-refractivity contribution in [2.24, 2.45) is 17.8 Å². The molecule has 0 atom stereocenters. The van der Waals surface area contributed by atoms with E-state index in [1.165, 1.54) is 38.5 Å². The van der Waals surface area contributed by atoms with Crippen LogP contribution in [0.5, 0.6) is 0 Å². The fraction of sp³-hybridized carbons (Fsp3) is 0.765. The molecule has 0 saturated heterocycles. The fourth-order valence-corrected chi connectivity index (χ4v) is 5.50. The van der Waals surface area contributed by atoms with Crippen LogP contribution >= 0.6 is 0 Å². The predicted octanol–water partition coefficient (Wildman–Crippen LogP) is 2.35. The van der Waals surface area contributed by atoms with Crippen LogP contribution in [0.3, 0.4) is 0 Å². The van der Waals surface area contributed by atoms with Gasteiger partial charge in [-0.1, -0.05) is 6.92 Å². The quantitative estimate of drug-likeness (QED) is 0.893. The van der Waals surface area contributed by atoms with Crippen LogP contribution in [-0.2, 0) is 12.0 Å². The van der Waals surface area contributed by atoms with E-state index in [0.29, 0.717) is 6.54 Å². The van der Waals surface area contributed by atoms with Crippen LogP contribution in [-0.4, -0.2) is 16.5 Å². The van der Waals surface area contributed by atoms with E-state index in [2.05, 4.69) is 17.2 Å². The second kappa shape index (κ2) is 4.94. The summed E-state index contributed by atoms with van der Waals surface area (Å²) in [6, 6.07) is 1.65. The molecule has 1 aromatic heterocycles. The Labute approximate surface area is 125 Å². The molecule has 4 heteroatoms. The molecule has 0 unspecified atom stereocenters. The zero-order chi connectivity index (χ0) is 14.4. The Morgan fingerprint density at radius 1 is 1.24 bits per heavy atom. The van der Waals surface area contributed by atoms with Gasteiger partial charge >= 0.3 is 0 Å². The second-order valence-corrected chi connectivity index (χ2v) is 7.56. The molecule has 4 bridgehead atoms. The van der Waals surface area contributed by atoms with Gasteiger partial charge in [-0.3, -0.25) is 4.79 Å². The predicted molar refractivity (Wildman–Crippen MR) is 82.1 cm³/mol. The van der Waals surface area contributed by atoms with Crippen LogP contribution in [0, 0.1) is 17.8 Å². The first-order valence-corrected chi connectivity index (χ1v) is 8.48. The Hall–Kier alpha value is -1.16. The molecule has 1 heterocycles. The summed E-state index contributed by atoms with van der Waals surface area (Å²) in [5, 5.41) is 3.28. The van der Waals surface area contributed by atoms with E-state index in [1.54, 1.807) is 6.07 Å². The summed E-state index contributed by atoms with van der Waals surface area (Å²) in [6.07, 6.45) is 7.98. The van der Waals surface area contributed by atoms with Crippen molar-refractivity contribution < 1.29 is 0 Å². The normalized spacial score (nSPS) is 37.1. The van der Waals surface area contributed by atoms with Gasteiger partial charge in [0.15, 0.2) is 0 Å². The van der Waals surface area contributed by atoms with Gasteiger partial charge in [-0.25, -0.2) is 4.98 Å². The highest BCUT2D eigenvalue weighted by Crippen LogP contribution is 2.59. The molecule has 0 aliphatic heterocycles. The van der Waals surface area contributed by atoms with Crippen LogP contribution in [0.1, 0.15) is 57.0 Å². The smallest absolute Gasteiger partial charge is 0.251 e. The van der Waals surface area contributed by atoms with Crippen molar-refractivity contribution in [2.75, 3.05) is 6.54 Å². The van der Waals surface area contributed by atoms with Crippen molar-refractivity contribution in [3.05, 3.63) is 27.9 Å². The summed E-state index contributed by atoms with van der Waals surface area (Å²) in [5.41, 5.74) is 1.09. The Morgan fingerprint density at radius 2 is 1.86 bits per heavy atom. The van der Waals surface area contributed by atoms with Crippen molar-refractivity contribution in [3.8, 4) is 0 Å². The van der Waals surface area contributed by atoms with Crippen molar-refractivity contribution >= 4 is 0 Å². The van der Waals surface area contributed by atoms with E-state index >= 15 is 0 Å². The zero-order valence-corrected chi connectivity index (χ0v) is 12.8. The van der Waals surface area contributed by atoms with Gasteiger partial charge in [0.2, 0.25) is 0 Å². The molecule has 1 aromatic rings. The summed E-state index contributed by atoms with van der Waals surface area (Å²) in [7, 11) is 0. The molecule has 4 fully saturated rings. The first-order chi connectivity index (χ1) is 10.2. The minimum atomic E-state index is 0.0173. The second-order valence-electron chi connectivity index (χ2n) is 7.56. The van der Waals surface area contributed by atoms with Gasteiger partial charge in [0.25, 0.3) is 5.56 Å². The number of rotatable bonds is 4. The lowest BCUT2D eigenvalue weighted by atomic mass is 9.49. The molecule has 0 aromatic carbocycles. The van der Waals surface area contributed by atoms with E-state index in [-0.39, 0.29) is 11.0 Å². The van der Waals surface area contributed by atoms with Gasteiger partial charge in [-0.2, -0.15) is 0 Å². The zero-order valence-electron chi connectivity index (χ0n) is 12.8. The summed E-state index contributed by atoms with van der Waals surface area (Å²) in [5.74, 6) is 3.61. The van der Waals surface area contributed by atoms with Crippen LogP contribution in [0.15, 0.2) is 10.9 Å². The number of hydrogen-bond donors (Lipinski definition) is 2. The number of nitrogens with one attached hydrogen (secondary N) is 2. The van der Waals surface area contributed by atoms with E-state index in [0.717, 1.165) is 35.8 Å². The number of aromatic amines is 1. The van der Waals surface area contributed by atoms with E-state index in [1.807, 2.05) is 0 Å². The summed E-state index contributed by atoms with van der Waals surface area (Å²) in [6.45, 7) is 3.67. The lowest BCUT2D eigenvalue weighted by Crippen LogP contribution is -2.50. The minimum Gasteiger partial charge on any atom is -0.311 e. The molecule has 21 heavy (non-hydrogen) atoms. The number of H-pyrrole nitrogens is 1. The third-order valence-corrected chi connectivity index (χ3v) is 5.89. The molecule has 2 N–H and O–H groups in total. The average molecular weight is 287 g/mol. The number of nitrogens with zero attached hydrogens (tertiary/aromatic N) is 1. The maximum Gasteiger partial charge on any atom is 0.251 e. The van der Waals surface area contributed by atoms with Crippen molar-refractivity contribution in [3.63, 3.8) is 0 Å².